The summed E-state index contributed by atoms with van der Waals surface area (Å²) in [6.45, 7) is 9.43. The predicted molar refractivity (Wildman–Crippen MR) is 106 cm³/mol. The lowest BCUT2D eigenvalue weighted by Crippen LogP contribution is -2.34. The lowest BCUT2D eigenvalue weighted by molar-refractivity contribution is 0.327. The molecule has 0 fully saturated rings. The van der Waals surface area contributed by atoms with Crippen molar-refractivity contribution in [1.29, 1.82) is 0 Å². The summed E-state index contributed by atoms with van der Waals surface area (Å²) in [7, 11) is 0. The lowest BCUT2D eigenvalue weighted by Gasteiger charge is -2.42. The summed E-state index contributed by atoms with van der Waals surface area (Å²) in [5.74, 6) is 3.23. The third-order valence-corrected chi connectivity index (χ3v) is 6.02. The van der Waals surface area contributed by atoms with E-state index in [1.165, 1.54) is 28.9 Å². The molecule has 0 N–H and O–H groups in total. The monoisotopic (exact) mass is 354 g/mol. The van der Waals surface area contributed by atoms with Crippen LogP contribution in [0.4, 0.5) is 0 Å². The molecule has 2 aromatic rings. The topological polar surface area (TPSA) is 0 Å². The highest BCUT2D eigenvalue weighted by Crippen LogP contribution is 2.48. The largest absolute Gasteiger partial charge is 0.0843 e. The summed E-state index contributed by atoms with van der Waals surface area (Å²) < 4.78 is 0. The van der Waals surface area contributed by atoms with Gasteiger partial charge in [-0.2, -0.15) is 0 Å². The fraction of sp³-hybridized carbons (Fsp3) is 0.364. The van der Waals surface area contributed by atoms with Crippen LogP contribution < -0.4 is 0 Å². The van der Waals surface area contributed by atoms with Crippen LogP contribution in [-0.4, -0.2) is 0 Å². The minimum atomic E-state index is 0.205. The summed E-state index contributed by atoms with van der Waals surface area (Å²) in [6, 6.07) is 14.4. The van der Waals surface area contributed by atoms with Gasteiger partial charge in [-0.3, -0.25) is 0 Å². The zero-order chi connectivity index (χ0) is 17.4. The number of halogens is 1. The number of thioether (sulfide) groups is 1. The lowest BCUT2D eigenvalue weighted by atomic mass is 9.63. The first-order valence-electron chi connectivity index (χ1n) is 8.37. The molecule has 24 heavy (non-hydrogen) atoms. The highest BCUT2D eigenvalue weighted by molar-refractivity contribution is 8.04. The second kappa shape index (κ2) is 6.51. The van der Waals surface area contributed by atoms with Crippen molar-refractivity contribution in [1.82, 2.24) is 0 Å². The molecule has 0 heterocycles. The summed E-state index contributed by atoms with van der Waals surface area (Å²) in [4.78, 5) is 1.30. The molecule has 0 amide bonds. The van der Waals surface area contributed by atoms with E-state index in [1.807, 2.05) is 24.3 Å². The molecule has 0 spiro atoms. The van der Waals surface area contributed by atoms with Crippen LogP contribution in [0.25, 0.3) is 0 Å². The van der Waals surface area contributed by atoms with E-state index in [0.29, 0.717) is 0 Å². The van der Waals surface area contributed by atoms with Crippen LogP contribution in [-0.2, 0) is 10.8 Å². The predicted octanol–water partition coefficient (Wildman–Crippen LogP) is 6.79. The van der Waals surface area contributed by atoms with Crippen molar-refractivity contribution in [3.05, 3.63) is 64.2 Å². The van der Waals surface area contributed by atoms with Crippen LogP contribution >= 0.6 is 23.4 Å². The molecule has 0 aromatic heterocycles. The van der Waals surface area contributed by atoms with E-state index in [4.69, 9.17) is 11.6 Å². The normalized spacial score (nSPS) is 17.5. The maximum absolute atomic E-state index is 5.93. The van der Waals surface area contributed by atoms with Crippen molar-refractivity contribution < 1.29 is 0 Å². The Morgan fingerprint density at radius 2 is 1.58 bits per heavy atom. The smallest absolute Gasteiger partial charge is 0.0406 e. The zero-order valence-electron chi connectivity index (χ0n) is 14.7. The molecule has 2 aromatic carbocycles. The first-order valence-corrected chi connectivity index (χ1v) is 9.56. The molecule has 0 radical (unpaired) electrons. The van der Waals surface area contributed by atoms with E-state index in [1.54, 1.807) is 11.8 Å². The number of fused-ring (bicyclic) bond motifs is 1. The van der Waals surface area contributed by atoms with Crippen molar-refractivity contribution in [2.45, 2.75) is 56.3 Å². The van der Waals surface area contributed by atoms with Gasteiger partial charge in [0.05, 0.1) is 0 Å². The first kappa shape index (κ1) is 17.5. The van der Waals surface area contributed by atoms with Gasteiger partial charge in [0.25, 0.3) is 0 Å². The van der Waals surface area contributed by atoms with Gasteiger partial charge in [0.1, 0.15) is 0 Å². The molecule has 3 rings (SSSR count). The molecule has 0 saturated carbocycles. The van der Waals surface area contributed by atoms with E-state index in [9.17, 15) is 0 Å². The molecule has 0 nitrogen and oxygen atoms in total. The van der Waals surface area contributed by atoms with Crippen molar-refractivity contribution in [2.75, 3.05) is 0 Å². The minimum absolute atomic E-state index is 0.205. The molecule has 0 atom stereocenters. The Labute approximate surface area is 155 Å². The SMILES string of the molecule is CC1(C)CCC(C)(C)c2c(SC#Cc3ccc(Cl)cc3)cccc21. The summed E-state index contributed by atoms with van der Waals surface area (Å²) in [6.07, 6.45) is 2.45. The number of hydrogen-bond acceptors (Lipinski definition) is 1. The molecule has 0 saturated heterocycles. The van der Waals surface area contributed by atoms with Crippen LogP contribution in [0.2, 0.25) is 5.02 Å². The molecular formula is C22H23ClS. The Balaban J connectivity index is 1.94. The van der Waals surface area contributed by atoms with Crippen LogP contribution in [0, 0.1) is 11.2 Å². The van der Waals surface area contributed by atoms with Gasteiger partial charge in [0.15, 0.2) is 0 Å². The maximum Gasteiger partial charge on any atom is 0.0406 e. The molecule has 0 bridgehead atoms. The Morgan fingerprint density at radius 3 is 2.29 bits per heavy atom. The average Bonchev–Trinajstić information content (AvgIpc) is 2.54. The van der Waals surface area contributed by atoms with Gasteiger partial charge in [-0.1, -0.05) is 57.3 Å². The Kier molecular flexibility index (Phi) is 4.73. The Morgan fingerprint density at radius 1 is 0.917 bits per heavy atom. The molecule has 1 aliphatic carbocycles. The van der Waals surface area contributed by atoms with Crippen molar-refractivity contribution in [3.8, 4) is 11.2 Å². The van der Waals surface area contributed by atoms with Gasteiger partial charge in [-0.15, -0.1) is 0 Å². The Bertz CT molecular complexity index is 804. The standard InChI is InChI=1S/C22H23ClS/c1-21(2)13-14-22(3,4)20-18(21)6-5-7-19(20)24-15-12-16-8-10-17(23)11-9-16/h5-11H,13-14H2,1-4H3. The van der Waals surface area contributed by atoms with Crippen molar-refractivity contribution in [3.63, 3.8) is 0 Å². The van der Waals surface area contributed by atoms with Gasteiger partial charge in [0.2, 0.25) is 0 Å². The minimum Gasteiger partial charge on any atom is -0.0843 e. The maximum atomic E-state index is 5.93. The third-order valence-electron chi connectivity index (χ3n) is 5.01. The van der Waals surface area contributed by atoms with E-state index >= 15 is 0 Å². The first-order chi connectivity index (χ1) is 11.3. The van der Waals surface area contributed by atoms with E-state index in [2.05, 4.69) is 57.1 Å². The molecule has 2 heteroatoms. The Hall–Kier alpha value is -1.36. The molecule has 124 valence electrons. The fourth-order valence-corrected chi connectivity index (χ4v) is 4.48. The summed E-state index contributed by atoms with van der Waals surface area (Å²) in [5, 5.41) is 4.02. The number of benzene rings is 2. The third kappa shape index (κ3) is 3.51. The second-order valence-electron chi connectivity index (χ2n) is 7.78. The zero-order valence-corrected chi connectivity index (χ0v) is 16.3. The molecule has 0 aliphatic heterocycles. The van der Waals surface area contributed by atoms with Crippen molar-refractivity contribution in [2.24, 2.45) is 0 Å². The highest BCUT2D eigenvalue weighted by atomic mass is 35.5. The van der Waals surface area contributed by atoms with E-state index in [0.717, 1.165) is 10.6 Å². The van der Waals surface area contributed by atoms with E-state index in [-0.39, 0.29) is 10.8 Å². The van der Waals surface area contributed by atoms with Gasteiger partial charge < -0.3 is 0 Å². The molecule has 0 unspecified atom stereocenters. The van der Waals surface area contributed by atoms with Crippen molar-refractivity contribution >= 4 is 23.4 Å². The van der Waals surface area contributed by atoms with Crippen LogP contribution in [0.15, 0.2) is 47.4 Å². The number of hydrogen-bond donors (Lipinski definition) is 0. The van der Waals surface area contributed by atoms with Gasteiger partial charge in [0, 0.05) is 15.5 Å². The average molecular weight is 355 g/mol. The fourth-order valence-electron chi connectivity index (χ4n) is 3.44. The summed E-state index contributed by atoms with van der Waals surface area (Å²) >= 11 is 7.57. The second-order valence-corrected chi connectivity index (χ2v) is 9.07. The van der Waals surface area contributed by atoms with Crippen LogP contribution in [0.5, 0.6) is 0 Å². The highest BCUT2D eigenvalue weighted by Gasteiger charge is 2.38. The van der Waals surface area contributed by atoms with Crippen LogP contribution in [0.3, 0.4) is 0 Å². The van der Waals surface area contributed by atoms with E-state index < -0.39 is 0 Å². The van der Waals surface area contributed by atoms with Crippen LogP contribution in [0.1, 0.15) is 57.2 Å². The molecule has 1 aliphatic rings. The van der Waals surface area contributed by atoms with Gasteiger partial charge in [-0.25, -0.2) is 0 Å². The summed E-state index contributed by atoms with van der Waals surface area (Å²) in [5.41, 5.74) is 4.41. The quantitative estimate of drug-likeness (QED) is 0.401. The van der Waals surface area contributed by atoms with Gasteiger partial charge in [-0.05, 0) is 82.1 Å². The number of rotatable bonds is 1. The van der Waals surface area contributed by atoms with Gasteiger partial charge >= 0.3 is 0 Å². The molecular weight excluding hydrogens is 332 g/mol.